The zero-order chi connectivity index (χ0) is 30.2. The number of nitrogens with one attached hydrogen (secondary N) is 1. The summed E-state index contributed by atoms with van der Waals surface area (Å²) in [7, 11) is -1.05. The van der Waals surface area contributed by atoms with E-state index in [2.05, 4.69) is 5.32 Å². The van der Waals surface area contributed by atoms with Crippen LogP contribution in [0.3, 0.4) is 0 Å². The molecular weight excluding hydrogens is 589 g/mol. The van der Waals surface area contributed by atoms with E-state index in [0.29, 0.717) is 28.6 Å². The molecule has 0 spiro atoms. The molecule has 0 fully saturated rings. The molecule has 220 valence electrons. The van der Waals surface area contributed by atoms with Crippen molar-refractivity contribution in [1.82, 2.24) is 10.2 Å². The molecule has 2 amide bonds. The van der Waals surface area contributed by atoms with Crippen molar-refractivity contribution in [2.45, 2.75) is 25.9 Å². The number of benzene rings is 3. The lowest BCUT2D eigenvalue weighted by atomic mass is 10.0. The predicted octanol–water partition coefficient (Wildman–Crippen LogP) is 4.55. The number of amides is 2. The summed E-state index contributed by atoms with van der Waals surface area (Å²) in [5.74, 6) is -0.273. The van der Waals surface area contributed by atoms with Gasteiger partial charge in [-0.1, -0.05) is 59.6 Å². The lowest BCUT2D eigenvalue weighted by Gasteiger charge is -2.33. The van der Waals surface area contributed by atoms with Crippen molar-refractivity contribution in [2.75, 3.05) is 37.9 Å². The molecule has 0 radical (unpaired) electrons. The van der Waals surface area contributed by atoms with Crippen LogP contribution < -0.4 is 19.1 Å². The average Bonchev–Trinajstić information content (AvgIpc) is 2.95. The molecule has 0 saturated heterocycles. The van der Waals surface area contributed by atoms with Gasteiger partial charge in [0.1, 0.15) is 12.6 Å². The second-order valence-corrected chi connectivity index (χ2v) is 11.9. The van der Waals surface area contributed by atoms with Crippen molar-refractivity contribution in [3.8, 4) is 11.5 Å². The number of halogens is 2. The van der Waals surface area contributed by atoms with E-state index in [0.717, 1.165) is 16.1 Å². The third kappa shape index (κ3) is 8.51. The van der Waals surface area contributed by atoms with Gasteiger partial charge in [0.05, 0.1) is 36.2 Å². The second kappa shape index (κ2) is 14.4. The first-order valence-corrected chi connectivity index (χ1v) is 15.3. The van der Waals surface area contributed by atoms with Gasteiger partial charge < -0.3 is 19.7 Å². The van der Waals surface area contributed by atoms with Crippen LogP contribution in [0.5, 0.6) is 11.5 Å². The third-order valence-electron chi connectivity index (χ3n) is 6.29. The highest BCUT2D eigenvalue weighted by Crippen LogP contribution is 2.32. The van der Waals surface area contributed by atoms with Crippen molar-refractivity contribution in [3.63, 3.8) is 0 Å². The van der Waals surface area contributed by atoms with Gasteiger partial charge in [-0.15, -0.1) is 0 Å². The van der Waals surface area contributed by atoms with Crippen LogP contribution in [0.15, 0.2) is 66.7 Å². The number of nitrogens with zero attached hydrogens (tertiary/aromatic N) is 2. The van der Waals surface area contributed by atoms with Crippen molar-refractivity contribution in [2.24, 2.45) is 0 Å². The number of hydrogen-bond acceptors (Lipinski definition) is 6. The minimum Gasteiger partial charge on any atom is -0.493 e. The van der Waals surface area contributed by atoms with Crippen LogP contribution in [-0.4, -0.2) is 64.7 Å². The maximum Gasteiger partial charge on any atom is 0.244 e. The molecule has 3 aromatic rings. The molecule has 0 aliphatic heterocycles. The molecule has 3 rings (SSSR count). The molecule has 12 heteroatoms. The van der Waals surface area contributed by atoms with Gasteiger partial charge in [0.2, 0.25) is 21.8 Å². The molecule has 0 saturated carbocycles. The number of likely N-dealkylation sites (N-methyl/N-ethyl adjacent to an activating group) is 1. The van der Waals surface area contributed by atoms with Crippen LogP contribution in [0.2, 0.25) is 10.0 Å². The quantitative estimate of drug-likeness (QED) is 0.300. The number of rotatable bonds is 13. The normalized spacial score (nSPS) is 11.9. The van der Waals surface area contributed by atoms with Crippen LogP contribution >= 0.6 is 23.2 Å². The highest BCUT2D eigenvalue weighted by molar-refractivity contribution is 7.92. The molecule has 0 unspecified atom stereocenters. The monoisotopic (exact) mass is 621 g/mol. The second-order valence-electron chi connectivity index (χ2n) is 9.18. The molecular formula is C29H33Cl2N3O6S. The van der Waals surface area contributed by atoms with E-state index < -0.39 is 28.5 Å². The van der Waals surface area contributed by atoms with Crippen molar-refractivity contribution in [1.29, 1.82) is 0 Å². The van der Waals surface area contributed by atoms with Crippen LogP contribution in [-0.2, 0) is 32.6 Å². The minimum atomic E-state index is -3.94. The Labute approximate surface area is 251 Å². The zero-order valence-corrected chi connectivity index (χ0v) is 25.6. The SMILES string of the molecule is CCNC(=O)[C@@H](Cc1ccccc1)N(Cc1ccc(Cl)c(Cl)c1)C(=O)CN(c1ccc(OC)c(OC)c1)S(C)(=O)=O. The summed E-state index contributed by atoms with van der Waals surface area (Å²) >= 11 is 12.4. The third-order valence-corrected chi connectivity index (χ3v) is 8.17. The first kappa shape index (κ1) is 32.0. The van der Waals surface area contributed by atoms with Crippen LogP contribution in [0.4, 0.5) is 5.69 Å². The van der Waals surface area contributed by atoms with Gasteiger partial charge >= 0.3 is 0 Å². The predicted molar refractivity (Wildman–Crippen MR) is 161 cm³/mol. The van der Waals surface area contributed by atoms with E-state index in [9.17, 15) is 18.0 Å². The fourth-order valence-corrected chi connectivity index (χ4v) is 5.44. The van der Waals surface area contributed by atoms with Gasteiger partial charge in [0.15, 0.2) is 11.5 Å². The van der Waals surface area contributed by atoms with E-state index >= 15 is 0 Å². The van der Waals surface area contributed by atoms with Crippen molar-refractivity contribution >= 4 is 50.7 Å². The Bertz CT molecular complexity index is 1470. The topological polar surface area (TPSA) is 105 Å². The smallest absolute Gasteiger partial charge is 0.244 e. The molecule has 3 aromatic carbocycles. The molecule has 0 aliphatic rings. The van der Waals surface area contributed by atoms with E-state index in [1.165, 1.54) is 31.3 Å². The summed E-state index contributed by atoms with van der Waals surface area (Å²) in [6.45, 7) is 1.54. The Morgan fingerprint density at radius 1 is 0.902 bits per heavy atom. The Balaban J connectivity index is 2.08. The summed E-state index contributed by atoms with van der Waals surface area (Å²) in [6.07, 6.45) is 1.21. The summed E-state index contributed by atoms with van der Waals surface area (Å²) in [4.78, 5) is 28.8. The molecule has 9 nitrogen and oxygen atoms in total. The van der Waals surface area contributed by atoms with E-state index in [1.807, 2.05) is 30.3 Å². The highest BCUT2D eigenvalue weighted by atomic mass is 35.5. The summed E-state index contributed by atoms with van der Waals surface area (Å²) in [5.41, 5.74) is 1.65. The summed E-state index contributed by atoms with van der Waals surface area (Å²) in [6, 6.07) is 17.8. The van der Waals surface area contributed by atoms with Crippen molar-refractivity contribution in [3.05, 3.63) is 87.9 Å². The van der Waals surface area contributed by atoms with Gasteiger partial charge in [-0.2, -0.15) is 0 Å². The molecule has 0 bridgehead atoms. The number of anilines is 1. The fourth-order valence-electron chi connectivity index (χ4n) is 4.27. The first-order valence-electron chi connectivity index (χ1n) is 12.7. The zero-order valence-electron chi connectivity index (χ0n) is 23.3. The molecule has 41 heavy (non-hydrogen) atoms. The molecule has 0 heterocycles. The highest BCUT2D eigenvalue weighted by Gasteiger charge is 2.33. The number of hydrogen-bond donors (Lipinski definition) is 1. The Morgan fingerprint density at radius 3 is 2.17 bits per heavy atom. The first-order chi connectivity index (χ1) is 19.5. The van der Waals surface area contributed by atoms with Crippen LogP contribution in [0, 0.1) is 0 Å². The summed E-state index contributed by atoms with van der Waals surface area (Å²) < 4.78 is 37.5. The van der Waals surface area contributed by atoms with Gasteiger partial charge in [0.25, 0.3) is 0 Å². The average molecular weight is 623 g/mol. The largest absolute Gasteiger partial charge is 0.493 e. The van der Waals surface area contributed by atoms with E-state index in [1.54, 1.807) is 31.2 Å². The maximum absolute atomic E-state index is 14.1. The number of sulfonamides is 1. The minimum absolute atomic E-state index is 0.0199. The standard InChI is InChI=1S/C29H33Cl2N3O6S/c1-5-32-29(36)25(16-20-9-7-6-8-10-20)33(18-21-11-13-23(30)24(31)15-21)28(35)19-34(41(4,37)38)22-12-14-26(39-2)27(17-22)40-3/h6-15,17,25H,5,16,18-19H2,1-4H3,(H,32,36)/t25-/m1/s1. The van der Waals surface area contributed by atoms with E-state index in [4.69, 9.17) is 32.7 Å². The van der Waals surface area contributed by atoms with Gasteiger partial charge in [-0.05, 0) is 42.3 Å². The Morgan fingerprint density at radius 2 is 1.59 bits per heavy atom. The van der Waals surface area contributed by atoms with Gasteiger partial charge in [-0.3, -0.25) is 13.9 Å². The lowest BCUT2D eigenvalue weighted by molar-refractivity contribution is -0.140. The van der Waals surface area contributed by atoms with Crippen LogP contribution in [0.25, 0.3) is 0 Å². The Hall–Kier alpha value is -3.47. The lowest BCUT2D eigenvalue weighted by Crippen LogP contribution is -2.53. The maximum atomic E-state index is 14.1. The summed E-state index contributed by atoms with van der Waals surface area (Å²) in [5, 5.41) is 3.44. The fraction of sp³-hybridized carbons (Fsp3) is 0.310. The number of ether oxygens (including phenoxy) is 2. The number of carbonyl (C=O) groups excluding carboxylic acids is 2. The van der Waals surface area contributed by atoms with Crippen molar-refractivity contribution < 1.29 is 27.5 Å². The van der Waals surface area contributed by atoms with Gasteiger partial charge in [0, 0.05) is 25.6 Å². The molecule has 1 atom stereocenters. The van der Waals surface area contributed by atoms with Crippen LogP contribution in [0.1, 0.15) is 18.1 Å². The number of methoxy groups -OCH3 is 2. The van der Waals surface area contributed by atoms with Gasteiger partial charge in [-0.25, -0.2) is 8.42 Å². The molecule has 1 N–H and O–H groups in total. The Kier molecular flexibility index (Phi) is 11.3. The molecule has 0 aliphatic carbocycles. The molecule has 0 aromatic heterocycles. The van der Waals surface area contributed by atoms with E-state index in [-0.39, 0.29) is 29.6 Å². The number of carbonyl (C=O) groups is 2.